The second-order valence-corrected chi connectivity index (χ2v) is 6.83. The van der Waals surface area contributed by atoms with Crippen LogP contribution in [0.5, 0.6) is 0 Å². The second kappa shape index (κ2) is 7.19. The largest absolute Gasteiger partial charge is 0.455 e. The Hall–Kier alpha value is -3.46. The fraction of sp³-hybridized carbons (Fsp3) is 0. The summed E-state index contributed by atoms with van der Waals surface area (Å²) in [4.78, 5) is 12.4. The van der Waals surface area contributed by atoms with E-state index in [0.717, 1.165) is 0 Å². The zero-order chi connectivity index (χ0) is 18.6. The summed E-state index contributed by atoms with van der Waals surface area (Å²) in [5.41, 5.74) is 0.637. The van der Waals surface area contributed by atoms with E-state index in [9.17, 15) is 18.5 Å². The molecule has 0 aliphatic carbocycles. The Balaban J connectivity index is 1.70. The van der Waals surface area contributed by atoms with Gasteiger partial charge < -0.3 is 4.42 Å². The smallest absolute Gasteiger partial charge is 0.276 e. The molecule has 0 aliphatic rings. The van der Waals surface area contributed by atoms with Gasteiger partial charge in [-0.15, -0.1) is 0 Å². The average molecular weight is 371 g/mol. The molecule has 0 saturated carbocycles. The van der Waals surface area contributed by atoms with Crippen molar-refractivity contribution in [3.05, 3.63) is 82.6 Å². The summed E-state index contributed by atoms with van der Waals surface area (Å²) in [5.74, 6) is 0.807. The Morgan fingerprint density at radius 1 is 1.00 bits per heavy atom. The SMILES string of the molecule is O=[N+]([O-])c1ccc(-c2ccc(/C=N/NS(=O)(=O)c3ccccc3)o2)cc1. The van der Waals surface area contributed by atoms with Gasteiger partial charge in [-0.2, -0.15) is 18.4 Å². The van der Waals surface area contributed by atoms with Crippen LogP contribution in [-0.4, -0.2) is 19.6 Å². The first-order valence-corrected chi connectivity index (χ1v) is 8.88. The molecule has 9 heteroatoms. The van der Waals surface area contributed by atoms with Crippen LogP contribution in [0.25, 0.3) is 11.3 Å². The van der Waals surface area contributed by atoms with Crippen LogP contribution in [0.4, 0.5) is 5.69 Å². The van der Waals surface area contributed by atoms with Crippen LogP contribution < -0.4 is 4.83 Å². The number of hydrogen-bond acceptors (Lipinski definition) is 6. The van der Waals surface area contributed by atoms with E-state index < -0.39 is 14.9 Å². The topological polar surface area (TPSA) is 115 Å². The van der Waals surface area contributed by atoms with Crippen LogP contribution in [-0.2, 0) is 10.0 Å². The van der Waals surface area contributed by atoms with Crippen LogP contribution >= 0.6 is 0 Å². The minimum absolute atomic E-state index is 0.0163. The molecule has 0 bridgehead atoms. The molecule has 0 radical (unpaired) electrons. The highest BCUT2D eigenvalue weighted by atomic mass is 32.2. The normalized spacial score (nSPS) is 11.5. The highest BCUT2D eigenvalue weighted by Crippen LogP contribution is 2.24. The highest BCUT2D eigenvalue weighted by molar-refractivity contribution is 7.89. The Morgan fingerprint density at radius 2 is 1.69 bits per heavy atom. The minimum atomic E-state index is -3.74. The number of nitro groups is 1. The van der Waals surface area contributed by atoms with Gasteiger partial charge in [0.1, 0.15) is 11.5 Å². The molecular formula is C17H13N3O5S. The number of hydrogen-bond donors (Lipinski definition) is 1. The number of non-ortho nitro benzene ring substituents is 1. The van der Waals surface area contributed by atoms with Gasteiger partial charge in [-0.25, -0.2) is 0 Å². The Morgan fingerprint density at radius 3 is 2.35 bits per heavy atom. The summed E-state index contributed by atoms with van der Waals surface area (Å²) >= 11 is 0. The van der Waals surface area contributed by atoms with Crippen molar-refractivity contribution < 1.29 is 17.8 Å². The van der Waals surface area contributed by atoms with Crippen molar-refractivity contribution in [2.75, 3.05) is 0 Å². The van der Waals surface area contributed by atoms with Gasteiger partial charge in [-0.3, -0.25) is 10.1 Å². The van der Waals surface area contributed by atoms with Crippen molar-refractivity contribution in [2.45, 2.75) is 4.90 Å². The van der Waals surface area contributed by atoms with Gasteiger partial charge in [0.25, 0.3) is 15.7 Å². The van der Waals surface area contributed by atoms with Crippen molar-refractivity contribution in [1.82, 2.24) is 4.83 Å². The van der Waals surface area contributed by atoms with E-state index in [1.165, 1.54) is 30.5 Å². The molecule has 0 unspecified atom stereocenters. The van der Waals surface area contributed by atoms with Crippen molar-refractivity contribution in [1.29, 1.82) is 0 Å². The van der Waals surface area contributed by atoms with Crippen molar-refractivity contribution in [3.63, 3.8) is 0 Å². The third kappa shape index (κ3) is 3.95. The van der Waals surface area contributed by atoms with Gasteiger partial charge in [-0.05, 0) is 36.4 Å². The average Bonchev–Trinajstić information content (AvgIpc) is 3.11. The zero-order valence-electron chi connectivity index (χ0n) is 13.3. The van der Waals surface area contributed by atoms with E-state index in [-0.39, 0.29) is 10.6 Å². The number of sulfonamides is 1. The predicted molar refractivity (Wildman–Crippen MR) is 95.2 cm³/mol. The van der Waals surface area contributed by atoms with E-state index in [2.05, 4.69) is 9.93 Å². The Kier molecular flexibility index (Phi) is 4.81. The molecular weight excluding hydrogens is 358 g/mol. The van der Waals surface area contributed by atoms with Gasteiger partial charge in [0, 0.05) is 17.7 Å². The van der Waals surface area contributed by atoms with Gasteiger partial charge in [0.05, 0.1) is 16.0 Å². The summed E-state index contributed by atoms with van der Waals surface area (Å²) in [7, 11) is -3.74. The van der Waals surface area contributed by atoms with Gasteiger partial charge in [-0.1, -0.05) is 18.2 Å². The first-order valence-electron chi connectivity index (χ1n) is 7.40. The van der Waals surface area contributed by atoms with Crippen molar-refractivity contribution in [2.24, 2.45) is 5.10 Å². The van der Waals surface area contributed by atoms with Gasteiger partial charge in [0.15, 0.2) is 0 Å². The molecule has 8 nitrogen and oxygen atoms in total. The number of nitro benzene ring substituents is 1. The monoisotopic (exact) mass is 371 g/mol. The van der Waals surface area contributed by atoms with Crippen LogP contribution in [0, 0.1) is 10.1 Å². The molecule has 26 heavy (non-hydrogen) atoms. The lowest BCUT2D eigenvalue weighted by molar-refractivity contribution is -0.384. The van der Waals surface area contributed by atoms with Crippen molar-refractivity contribution >= 4 is 21.9 Å². The minimum Gasteiger partial charge on any atom is -0.455 e. The molecule has 0 amide bonds. The summed E-state index contributed by atoms with van der Waals surface area (Å²) in [6.45, 7) is 0. The maximum absolute atomic E-state index is 12.0. The summed E-state index contributed by atoms with van der Waals surface area (Å²) in [6.07, 6.45) is 1.23. The molecule has 1 aromatic heterocycles. The number of benzene rings is 2. The third-order valence-electron chi connectivity index (χ3n) is 3.41. The fourth-order valence-corrected chi connectivity index (χ4v) is 2.95. The summed E-state index contributed by atoms with van der Waals surface area (Å²) < 4.78 is 29.6. The lowest BCUT2D eigenvalue weighted by Crippen LogP contribution is -2.18. The summed E-state index contributed by atoms with van der Waals surface area (Å²) in [5, 5.41) is 14.4. The third-order valence-corrected chi connectivity index (χ3v) is 4.65. The molecule has 3 rings (SSSR count). The number of furan rings is 1. The summed E-state index contributed by atoms with van der Waals surface area (Å²) in [6, 6.07) is 17.0. The molecule has 2 aromatic carbocycles. The maximum atomic E-state index is 12.0. The zero-order valence-corrected chi connectivity index (χ0v) is 14.1. The van der Waals surface area contributed by atoms with Crippen LogP contribution in [0.3, 0.4) is 0 Å². The first kappa shape index (κ1) is 17.4. The number of nitrogens with zero attached hydrogens (tertiary/aromatic N) is 2. The number of rotatable bonds is 6. The van der Waals surface area contributed by atoms with Crippen LogP contribution in [0.2, 0.25) is 0 Å². The molecule has 0 aliphatic heterocycles. The lowest BCUT2D eigenvalue weighted by Gasteiger charge is -2.01. The van der Waals surface area contributed by atoms with E-state index in [1.807, 2.05) is 0 Å². The highest BCUT2D eigenvalue weighted by Gasteiger charge is 2.11. The van der Waals surface area contributed by atoms with Crippen LogP contribution in [0.15, 0.2) is 81.1 Å². The van der Waals surface area contributed by atoms with E-state index in [4.69, 9.17) is 4.42 Å². The van der Waals surface area contributed by atoms with Crippen LogP contribution in [0.1, 0.15) is 5.76 Å². The Bertz CT molecular complexity index is 1040. The molecule has 0 spiro atoms. The predicted octanol–water partition coefficient (Wildman–Crippen LogP) is 3.17. The maximum Gasteiger partial charge on any atom is 0.276 e. The quantitative estimate of drug-likeness (QED) is 0.406. The first-order chi connectivity index (χ1) is 12.5. The lowest BCUT2D eigenvalue weighted by atomic mass is 10.1. The fourth-order valence-electron chi connectivity index (χ4n) is 2.14. The van der Waals surface area contributed by atoms with E-state index >= 15 is 0 Å². The van der Waals surface area contributed by atoms with E-state index in [1.54, 1.807) is 42.5 Å². The molecule has 0 saturated heterocycles. The standard InChI is InChI=1S/C17H13N3O5S/c21-20(22)14-8-6-13(7-9-14)17-11-10-15(25-17)12-18-19-26(23,24)16-4-2-1-3-5-16/h1-12,19H/b18-12+. The second-order valence-electron chi connectivity index (χ2n) is 5.17. The number of hydrazone groups is 1. The molecule has 132 valence electrons. The van der Waals surface area contributed by atoms with Gasteiger partial charge >= 0.3 is 0 Å². The molecule has 1 heterocycles. The molecule has 0 fully saturated rings. The van der Waals surface area contributed by atoms with Gasteiger partial charge in [0.2, 0.25) is 0 Å². The Labute approximate surface area is 149 Å². The molecule has 3 aromatic rings. The molecule has 1 N–H and O–H groups in total. The molecule has 0 atom stereocenters. The van der Waals surface area contributed by atoms with Crippen molar-refractivity contribution in [3.8, 4) is 11.3 Å². The van der Waals surface area contributed by atoms with E-state index in [0.29, 0.717) is 17.1 Å². The number of nitrogens with one attached hydrogen (secondary N) is 1.